The highest BCUT2D eigenvalue weighted by atomic mass is 32.1. The molecule has 1 amide bonds. The number of nitrogens with zero attached hydrogens (tertiary/aromatic N) is 3. The minimum atomic E-state index is -0.563. The van der Waals surface area contributed by atoms with Gasteiger partial charge < -0.3 is 14.5 Å². The van der Waals surface area contributed by atoms with Crippen molar-refractivity contribution in [2.24, 2.45) is 5.92 Å². The first-order valence-corrected chi connectivity index (χ1v) is 13.0. The Bertz CT molecular complexity index is 1340. The van der Waals surface area contributed by atoms with E-state index in [0.717, 1.165) is 46.1 Å². The number of nitrogens with one attached hydrogen (secondary N) is 1. The van der Waals surface area contributed by atoms with Crippen molar-refractivity contribution < 1.29 is 13.9 Å². The number of carbonyl (C=O) groups is 1. The third-order valence-corrected chi connectivity index (χ3v) is 7.67. The van der Waals surface area contributed by atoms with E-state index in [2.05, 4.69) is 29.1 Å². The lowest BCUT2D eigenvalue weighted by atomic mass is 10.1. The minimum absolute atomic E-state index is 0.275. The first kappa shape index (κ1) is 24.2. The van der Waals surface area contributed by atoms with Gasteiger partial charge >= 0.3 is 6.09 Å². The Morgan fingerprint density at radius 1 is 1.14 bits per heavy atom. The third-order valence-electron chi connectivity index (χ3n) is 6.54. The Balaban J connectivity index is 1.19. The lowest BCUT2D eigenvalue weighted by molar-refractivity contribution is 0.215. The molecule has 1 fully saturated rings. The summed E-state index contributed by atoms with van der Waals surface area (Å²) in [6, 6.07) is 19.1. The summed E-state index contributed by atoms with van der Waals surface area (Å²) < 4.78 is 19.6. The summed E-state index contributed by atoms with van der Waals surface area (Å²) in [5, 5.41) is 3.79. The number of hydrogen-bond acceptors (Lipinski definition) is 6. The van der Waals surface area contributed by atoms with E-state index in [0.29, 0.717) is 17.4 Å². The van der Waals surface area contributed by atoms with Gasteiger partial charge in [0.25, 0.3) is 0 Å². The Morgan fingerprint density at radius 2 is 1.86 bits per heavy atom. The number of fused-ring (bicyclic) bond motifs is 1. The van der Waals surface area contributed by atoms with Crippen LogP contribution in [0.2, 0.25) is 0 Å². The predicted molar refractivity (Wildman–Crippen MR) is 145 cm³/mol. The molecule has 0 bridgehead atoms. The summed E-state index contributed by atoms with van der Waals surface area (Å²) in [4.78, 5) is 22.0. The third kappa shape index (κ3) is 5.66. The Kier molecular flexibility index (Phi) is 7.16. The molecule has 0 spiro atoms. The SMILES string of the molecule is CCN1CCC(CN(C)c2nc3ccc(NC(=O)Oc4ccc(-c5ccc(F)cc5)cc4)cc3s2)C1. The summed E-state index contributed by atoms with van der Waals surface area (Å²) in [6.07, 6.45) is 0.668. The first-order valence-electron chi connectivity index (χ1n) is 12.2. The van der Waals surface area contributed by atoms with Crippen molar-refractivity contribution in [2.45, 2.75) is 13.3 Å². The second kappa shape index (κ2) is 10.6. The molecule has 186 valence electrons. The van der Waals surface area contributed by atoms with Crippen molar-refractivity contribution >= 4 is 38.5 Å². The molecule has 2 heterocycles. The molecule has 1 unspecified atom stereocenters. The van der Waals surface area contributed by atoms with Crippen LogP contribution < -0.4 is 15.0 Å². The zero-order valence-electron chi connectivity index (χ0n) is 20.4. The highest BCUT2D eigenvalue weighted by molar-refractivity contribution is 7.22. The minimum Gasteiger partial charge on any atom is -0.410 e. The molecule has 1 aliphatic heterocycles. The number of carbonyl (C=O) groups excluding carboxylic acids is 1. The summed E-state index contributed by atoms with van der Waals surface area (Å²) in [6.45, 7) is 6.65. The Labute approximate surface area is 214 Å². The molecule has 1 atom stereocenters. The smallest absolute Gasteiger partial charge is 0.410 e. The van der Waals surface area contributed by atoms with Crippen molar-refractivity contribution in [3.05, 3.63) is 72.5 Å². The van der Waals surface area contributed by atoms with Gasteiger partial charge in [-0.05, 0) is 79.0 Å². The van der Waals surface area contributed by atoms with Gasteiger partial charge in [0.15, 0.2) is 5.13 Å². The number of rotatable bonds is 7. The zero-order valence-corrected chi connectivity index (χ0v) is 21.2. The predicted octanol–water partition coefficient (Wildman–Crippen LogP) is 6.49. The summed E-state index contributed by atoms with van der Waals surface area (Å²) in [7, 11) is 2.10. The van der Waals surface area contributed by atoms with E-state index in [1.807, 2.05) is 30.3 Å². The van der Waals surface area contributed by atoms with Crippen LogP contribution in [0.5, 0.6) is 5.75 Å². The fourth-order valence-electron chi connectivity index (χ4n) is 4.58. The van der Waals surface area contributed by atoms with E-state index < -0.39 is 6.09 Å². The number of anilines is 2. The van der Waals surface area contributed by atoms with Crippen LogP contribution in [-0.4, -0.2) is 49.2 Å². The standard InChI is InChI=1S/C28H29FN4O2S/c1-3-33-15-14-19(18-33)17-32(2)27-31-25-13-10-23(16-26(25)36-27)30-28(34)35-24-11-6-21(7-12-24)20-4-8-22(29)9-5-20/h4-13,16,19H,3,14-15,17-18H2,1-2H3,(H,30,34). The molecule has 4 aromatic rings. The van der Waals surface area contributed by atoms with E-state index in [1.165, 1.54) is 25.1 Å². The van der Waals surface area contributed by atoms with Gasteiger partial charge in [-0.2, -0.15) is 0 Å². The fraction of sp³-hybridized carbons (Fsp3) is 0.286. The van der Waals surface area contributed by atoms with Crippen molar-refractivity contribution in [3.8, 4) is 16.9 Å². The molecule has 0 radical (unpaired) electrons. The molecule has 0 aliphatic carbocycles. The molecule has 36 heavy (non-hydrogen) atoms. The summed E-state index contributed by atoms with van der Waals surface area (Å²) in [5.74, 6) is 0.816. The molecular formula is C28H29FN4O2S. The van der Waals surface area contributed by atoms with Crippen LogP contribution in [0.25, 0.3) is 21.3 Å². The van der Waals surface area contributed by atoms with Crippen LogP contribution in [-0.2, 0) is 0 Å². The lowest BCUT2D eigenvalue weighted by Crippen LogP contribution is -2.28. The van der Waals surface area contributed by atoms with Gasteiger partial charge in [-0.15, -0.1) is 0 Å². The Morgan fingerprint density at radius 3 is 2.56 bits per heavy atom. The molecule has 5 rings (SSSR count). The number of amides is 1. The summed E-state index contributed by atoms with van der Waals surface area (Å²) in [5.41, 5.74) is 3.37. The molecular weight excluding hydrogens is 475 g/mol. The normalized spacial score (nSPS) is 15.8. The fourth-order valence-corrected chi connectivity index (χ4v) is 5.55. The van der Waals surface area contributed by atoms with Gasteiger partial charge in [-0.1, -0.05) is 42.5 Å². The number of aromatic nitrogens is 1. The molecule has 0 saturated carbocycles. The zero-order chi connectivity index (χ0) is 25.1. The van der Waals surface area contributed by atoms with Crippen LogP contribution in [0.1, 0.15) is 13.3 Å². The van der Waals surface area contributed by atoms with Crippen LogP contribution in [0.15, 0.2) is 66.7 Å². The number of thiazole rings is 1. The van der Waals surface area contributed by atoms with Gasteiger partial charge in [0, 0.05) is 25.8 Å². The number of likely N-dealkylation sites (tertiary alicyclic amines) is 1. The van der Waals surface area contributed by atoms with E-state index >= 15 is 0 Å². The number of hydrogen-bond donors (Lipinski definition) is 1. The molecule has 6 nitrogen and oxygen atoms in total. The van der Waals surface area contributed by atoms with Crippen molar-refractivity contribution in [3.63, 3.8) is 0 Å². The van der Waals surface area contributed by atoms with E-state index in [-0.39, 0.29) is 5.82 Å². The topological polar surface area (TPSA) is 57.7 Å². The van der Waals surface area contributed by atoms with Crippen LogP contribution in [0.4, 0.5) is 20.0 Å². The molecule has 8 heteroatoms. The van der Waals surface area contributed by atoms with Crippen LogP contribution in [0.3, 0.4) is 0 Å². The molecule has 1 aliphatic rings. The Hall–Kier alpha value is -3.49. The monoisotopic (exact) mass is 504 g/mol. The second-order valence-corrected chi connectivity index (χ2v) is 10.2. The lowest BCUT2D eigenvalue weighted by Gasteiger charge is -2.20. The average molecular weight is 505 g/mol. The highest BCUT2D eigenvalue weighted by Gasteiger charge is 2.23. The van der Waals surface area contributed by atoms with Gasteiger partial charge in [-0.25, -0.2) is 14.2 Å². The average Bonchev–Trinajstić information content (AvgIpc) is 3.51. The summed E-state index contributed by atoms with van der Waals surface area (Å²) >= 11 is 1.63. The van der Waals surface area contributed by atoms with Gasteiger partial charge in [0.05, 0.1) is 10.2 Å². The van der Waals surface area contributed by atoms with Gasteiger partial charge in [0.2, 0.25) is 0 Å². The maximum Gasteiger partial charge on any atom is 0.417 e. The first-order chi connectivity index (χ1) is 17.5. The number of ether oxygens (including phenoxy) is 1. The number of benzene rings is 3. The van der Waals surface area contributed by atoms with Crippen LogP contribution in [0, 0.1) is 11.7 Å². The molecule has 1 saturated heterocycles. The maximum absolute atomic E-state index is 13.1. The van der Waals surface area contributed by atoms with Gasteiger partial charge in [-0.3, -0.25) is 5.32 Å². The molecule has 1 aromatic heterocycles. The molecule has 1 N–H and O–H groups in total. The van der Waals surface area contributed by atoms with Crippen molar-refractivity contribution in [1.82, 2.24) is 9.88 Å². The van der Waals surface area contributed by atoms with E-state index in [9.17, 15) is 9.18 Å². The number of halogens is 1. The van der Waals surface area contributed by atoms with Crippen LogP contribution >= 0.6 is 11.3 Å². The highest BCUT2D eigenvalue weighted by Crippen LogP contribution is 2.31. The van der Waals surface area contributed by atoms with E-state index in [1.54, 1.807) is 35.6 Å². The largest absolute Gasteiger partial charge is 0.417 e. The quantitative estimate of drug-likeness (QED) is 0.312. The van der Waals surface area contributed by atoms with E-state index in [4.69, 9.17) is 9.72 Å². The van der Waals surface area contributed by atoms with Crippen molar-refractivity contribution in [2.75, 3.05) is 43.4 Å². The molecule has 3 aromatic carbocycles. The van der Waals surface area contributed by atoms with Gasteiger partial charge in [0.1, 0.15) is 11.6 Å². The second-order valence-electron chi connectivity index (χ2n) is 9.15. The van der Waals surface area contributed by atoms with Crippen molar-refractivity contribution in [1.29, 1.82) is 0 Å². The maximum atomic E-state index is 13.1.